The highest BCUT2D eigenvalue weighted by atomic mass is 28.3. The second-order valence-corrected chi connectivity index (χ2v) is 18.4. The van der Waals surface area contributed by atoms with E-state index in [1.165, 1.54) is 23.3 Å². The van der Waals surface area contributed by atoms with Gasteiger partial charge in [-0.05, 0) is 66.8 Å². The van der Waals surface area contributed by atoms with Crippen molar-refractivity contribution < 1.29 is 19.1 Å². The molecule has 214 valence electrons. The van der Waals surface area contributed by atoms with Gasteiger partial charge in [-0.25, -0.2) is 0 Å². The Labute approximate surface area is 239 Å². The summed E-state index contributed by atoms with van der Waals surface area (Å²) < 4.78 is 5.72. The van der Waals surface area contributed by atoms with Crippen molar-refractivity contribution in [2.45, 2.75) is 95.3 Å². The number of ether oxygens (including phenoxy) is 1. The first-order valence-corrected chi connectivity index (χ1v) is 18.5. The van der Waals surface area contributed by atoms with Crippen molar-refractivity contribution in [1.29, 1.82) is 0 Å². The molecule has 0 aromatic heterocycles. The van der Waals surface area contributed by atoms with Crippen LogP contribution < -0.4 is 5.32 Å². The van der Waals surface area contributed by atoms with Crippen molar-refractivity contribution in [2.24, 2.45) is 0 Å². The van der Waals surface area contributed by atoms with E-state index in [1.54, 1.807) is 4.90 Å². The first-order valence-electron chi connectivity index (χ1n) is 14.8. The molecule has 2 aliphatic heterocycles. The number of piperidine rings is 1. The molecule has 0 bridgehead atoms. The van der Waals surface area contributed by atoms with Crippen LogP contribution in [-0.2, 0) is 27.4 Å². The third-order valence-corrected chi connectivity index (χ3v) is 10.4. The van der Waals surface area contributed by atoms with E-state index < -0.39 is 14.1 Å². The van der Waals surface area contributed by atoms with Crippen molar-refractivity contribution in [3.8, 4) is 0 Å². The van der Waals surface area contributed by atoms with Gasteiger partial charge in [-0.2, -0.15) is 0 Å². The third kappa shape index (κ3) is 6.73. The first-order chi connectivity index (χ1) is 19.2. The van der Waals surface area contributed by atoms with Gasteiger partial charge in [0.25, 0.3) is 11.8 Å². The van der Waals surface area contributed by atoms with Gasteiger partial charge in [0.2, 0.25) is 5.91 Å². The Bertz CT molecular complexity index is 1220. The summed E-state index contributed by atoms with van der Waals surface area (Å²) in [6.45, 7) is 8.46. The summed E-state index contributed by atoms with van der Waals surface area (Å²) in [5.74, 6) is -0.00862. The SMILES string of the molecule is C[Si](C)(C)CCOCN1C(=O)CCC(N2Cc3cc(CNC4CCC(c5ccccc5)CC4)ccc3C2=O)C1=O. The summed E-state index contributed by atoms with van der Waals surface area (Å²) in [4.78, 5) is 42.0. The Balaban J connectivity index is 1.14. The second-order valence-electron chi connectivity index (χ2n) is 12.8. The van der Waals surface area contributed by atoms with Gasteiger partial charge in [0.1, 0.15) is 12.8 Å². The van der Waals surface area contributed by atoms with E-state index in [0.29, 0.717) is 37.1 Å². The Morgan fingerprint density at radius 1 is 0.950 bits per heavy atom. The van der Waals surface area contributed by atoms with Gasteiger partial charge in [-0.3, -0.25) is 19.3 Å². The predicted octanol–water partition coefficient (Wildman–Crippen LogP) is 5.29. The fourth-order valence-corrected chi connectivity index (χ4v) is 6.91. The molecule has 3 amide bonds. The average Bonchev–Trinajstić information content (AvgIpc) is 3.27. The van der Waals surface area contributed by atoms with Gasteiger partial charge in [-0.15, -0.1) is 0 Å². The molecule has 0 radical (unpaired) electrons. The molecule has 3 aliphatic rings. The molecule has 2 fully saturated rings. The van der Waals surface area contributed by atoms with E-state index in [0.717, 1.165) is 36.6 Å². The van der Waals surface area contributed by atoms with Crippen LogP contribution in [0.25, 0.3) is 0 Å². The second kappa shape index (κ2) is 12.4. The van der Waals surface area contributed by atoms with Crippen molar-refractivity contribution >= 4 is 25.8 Å². The molecule has 1 saturated heterocycles. The number of likely N-dealkylation sites (tertiary alicyclic amines) is 1. The molecule has 2 aromatic rings. The standard InChI is InChI=1S/C32H43N3O4Si/c1-40(2,3)18-17-39-22-35-30(36)16-15-29(32(35)38)34-21-26-19-23(9-14-28(26)31(34)37)20-33-27-12-10-25(11-13-27)24-7-5-4-6-8-24/h4-9,14,19,25,27,29,33H,10-13,15-18,20-22H2,1-3H3. The zero-order valence-corrected chi connectivity index (χ0v) is 25.2. The average molecular weight is 562 g/mol. The fourth-order valence-electron chi connectivity index (χ4n) is 6.16. The predicted molar refractivity (Wildman–Crippen MR) is 158 cm³/mol. The highest BCUT2D eigenvalue weighted by Gasteiger charge is 2.42. The van der Waals surface area contributed by atoms with Gasteiger partial charge in [0, 0.05) is 45.8 Å². The topological polar surface area (TPSA) is 79.0 Å². The lowest BCUT2D eigenvalue weighted by Crippen LogP contribution is -2.55. The van der Waals surface area contributed by atoms with Crippen molar-refractivity contribution in [3.63, 3.8) is 0 Å². The third-order valence-electron chi connectivity index (χ3n) is 8.67. The number of amides is 3. The maximum atomic E-state index is 13.3. The monoisotopic (exact) mass is 561 g/mol. The Morgan fingerprint density at radius 3 is 2.42 bits per heavy atom. The van der Waals surface area contributed by atoms with Crippen LogP contribution in [0.15, 0.2) is 48.5 Å². The van der Waals surface area contributed by atoms with Crippen LogP contribution in [-0.4, -0.2) is 61.0 Å². The molecule has 1 unspecified atom stereocenters. The molecule has 1 saturated carbocycles. The van der Waals surface area contributed by atoms with E-state index in [-0.39, 0.29) is 30.9 Å². The normalized spacial score (nSPS) is 23.6. The molecule has 7 nitrogen and oxygen atoms in total. The number of benzene rings is 2. The van der Waals surface area contributed by atoms with Crippen LogP contribution in [0.3, 0.4) is 0 Å². The van der Waals surface area contributed by atoms with Crippen LogP contribution in [0.4, 0.5) is 0 Å². The Morgan fingerprint density at radius 2 is 1.70 bits per heavy atom. The molecular weight excluding hydrogens is 518 g/mol. The molecule has 5 rings (SSSR count). The number of carbonyl (C=O) groups excluding carboxylic acids is 3. The molecule has 2 aromatic carbocycles. The number of carbonyl (C=O) groups is 3. The van der Waals surface area contributed by atoms with Gasteiger partial charge < -0.3 is 15.0 Å². The molecule has 8 heteroatoms. The summed E-state index contributed by atoms with van der Waals surface area (Å²) in [5, 5.41) is 3.73. The molecule has 1 atom stereocenters. The van der Waals surface area contributed by atoms with E-state index in [2.05, 4.69) is 61.4 Å². The highest BCUT2D eigenvalue weighted by molar-refractivity contribution is 6.76. The lowest BCUT2D eigenvalue weighted by atomic mass is 9.82. The number of fused-ring (bicyclic) bond motifs is 1. The lowest BCUT2D eigenvalue weighted by Gasteiger charge is -2.35. The zero-order valence-electron chi connectivity index (χ0n) is 24.2. The Kier molecular flexibility index (Phi) is 8.88. The quantitative estimate of drug-likeness (QED) is 0.242. The Hall–Kier alpha value is -2.81. The van der Waals surface area contributed by atoms with Gasteiger partial charge in [-0.1, -0.05) is 62.1 Å². The first kappa shape index (κ1) is 28.7. The molecule has 0 spiro atoms. The minimum Gasteiger partial charge on any atom is -0.361 e. The summed E-state index contributed by atoms with van der Waals surface area (Å²) >= 11 is 0. The number of hydrogen-bond donors (Lipinski definition) is 1. The lowest BCUT2D eigenvalue weighted by molar-refractivity contribution is -0.158. The maximum Gasteiger partial charge on any atom is 0.255 e. The van der Waals surface area contributed by atoms with Crippen molar-refractivity contribution in [2.75, 3.05) is 13.3 Å². The number of imide groups is 1. The van der Waals surface area contributed by atoms with Crippen LogP contribution in [0, 0.1) is 0 Å². The van der Waals surface area contributed by atoms with Crippen LogP contribution in [0.2, 0.25) is 25.7 Å². The number of nitrogens with zero attached hydrogens (tertiary/aromatic N) is 2. The summed E-state index contributed by atoms with van der Waals surface area (Å²) in [6.07, 6.45) is 5.34. The van der Waals surface area contributed by atoms with Crippen molar-refractivity contribution in [3.05, 3.63) is 70.8 Å². The smallest absolute Gasteiger partial charge is 0.255 e. The van der Waals surface area contributed by atoms with Crippen LogP contribution >= 0.6 is 0 Å². The van der Waals surface area contributed by atoms with Crippen LogP contribution in [0.5, 0.6) is 0 Å². The minimum atomic E-state index is -1.27. The van der Waals surface area contributed by atoms with E-state index >= 15 is 0 Å². The minimum absolute atomic E-state index is 0.0310. The molecule has 1 N–H and O–H groups in total. The molecule has 1 aliphatic carbocycles. The molecule has 2 heterocycles. The molecular formula is C32H43N3O4Si. The van der Waals surface area contributed by atoms with Gasteiger partial charge >= 0.3 is 0 Å². The van der Waals surface area contributed by atoms with E-state index in [9.17, 15) is 14.4 Å². The van der Waals surface area contributed by atoms with Crippen molar-refractivity contribution in [1.82, 2.24) is 15.1 Å². The zero-order chi connectivity index (χ0) is 28.3. The van der Waals surface area contributed by atoms with Gasteiger partial charge in [0.05, 0.1) is 0 Å². The summed E-state index contributed by atoms with van der Waals surface area (Å²) in [6, 6.07) is 17.7. The number of hydrogen-bond acceptors (Lipinski definition) is 5. The van der Waals surface area contributed by atoms with Gasteiger partial charge in [0.15, 0.2) is 0 Å². The highest BCUT2D eigenvalue weighted by Crippen LogP contribution is 2.33. The maximum absolute atomic E-state index is 13.3. The van der Waals surface area contributed by atoms with E-state index in [4.69, 9.17) is 4.74 Å². The number of rotatable bonds is 10. The largest absolute Gasteiger partial charge is 0.361 e. The summed E-state index contributed by atoms with van der Waals surface area (Å²) in [5.41, 5.74) is 4.22. The van der Waals surface area contributed by atoms with Crippen LogP contribution in [0.1, 0.15) is 71.5 Å². The fraction of sp³-hybridized carbons (Fsp3) is 0.531. The molecule has 40 heavy (non-hydrogen) atoms. The summed E-state index contributed by atoms with van der Waals surface area (Å²) in [7, 11) is -1.27. The number of nitrogens with one attached hydrogen (secondary N) is 1. The van der Waals surface area contributed by atoms with E-state index in [1.807, 2.05) is 12.1 Å².